The first-order valence-corrected chi connectivity index (χ1v) is 9.45. The molecule has 13 heteroatoms. The van der Waals surface area contributed by atoms with Crippen molar-refractivity contribution in [3.05, 3.63) is 0 Å². The van der Waals surface area contributed by atoms with Crippen molar-refractivity contribution in [2.24, 2.45) is 17.4 Å². The summed E-state index contributed by atoms with van der Waals surface area (Å²) in [5.41, 5.74) is 11.3. The smallest absolute Gasteiger partial charge is 0.549 e. The SMILES string of the molecule is N[C@@H]1CCCC[C@H]1N.O=C([O-])C(CCO[C@H]1O[C@H](CO)[C@H](O)[C@H](O)[C@H]1O)C(=O)[O-].[Pt+2]. The molecule has 0 radical (unpaired) electrons. The molecule has 2 aliphatic rings. The first-order chi connectivity index (χ1) is 13.6. The Kier molecular flexibility index (Phi) is 14.1. The van der Waals surface area contributed by atoms with Crippen LogP contribution >= 0.6 is 0 Å². The van der Waals surface area contributed by atoms with E-state index < -0.39 is 68.2 Å². The van der Waals surface area contributed by atoms with Crippen LogP contribution in [0.3, 0.4) is 0 Å². The Labute approximate surface area is 188 Å². The third kappa shape index (κ3) is 8.81. The van der Waals surface area contributed by atoms with Gasteiger partial charge in [-0.15, -0.1) is 0 Å². The van der Waals surface area contributed by atoms with E-state index in [0.717, 1.165) is 12.8 Å². The zero-order valence-corrected chi connectivity index (χ0v) is 18.6. The molecule has 0 spiro atoms. The van der Waals surface area contributed by atoms with Crippen LogP contribution in [0.25, 0.3) is 0 Å². The summed E-state index contributed by atoms with van der Waals surface area (Å²) in [7, 11) is 0. The fourth-order valence-corrected chi connectivity index (χ4v) is 3.03. The van der Waals surface area contributed by atoms with Gasteiger partial charge in [-0.25, -0.2) is 0 Å². The molecule has 2 rings (SSSR count). The molecule has 1 aliphatic carbocycles. The number of carbonyl (C=O) groups is 2. The molecule has 0 aromatic rings. The van der Waals surface area contributed by atoms with Crippen molar-refractivity contribution in [3.8, 4) is 0 Å². The number of ether oxygens (including phenoxy) is 2. The first-order valence-electron chi connectivity index (χ1n) is 9.45. The largest absolute Gasteiger partial charge is 2.00 e. The second kappa shape index (κ2) is 14.4. The summed E-state index contributed by atoms with van der Waals surface area (Å²) >= 11 is 0. The molecule has 1 saturated carbocycles. The molecule has 1 saturated heterocycles. The van der Waals surface area contributed by atoms with Gasteiger partial charge in [0.25, 0.3) is 0 Å². The molecule has 0 amide bonds. The van der Waals surface area contributed by atoms with Gasteiger partial charge in [-0.3, -0.25) is 0 Å². The first kappa shape index (κ1) is 29.3. The van der Waals surface area contributed by atoms with E-state index in [0.29, 0.717) is 0 Å². The number of carbonyl (C=O) groups excluding carboxylic acids is 2. The average molecular weight is 618 g/mol. The second-order valence-corrected chi connectivity index (χ2v) is 7.16. The molecule has 0 aromatic carbocycles. The molecule has 2 fully saturated rings. The number of hydrogen-bond donors (Lipinski definition) is 6. The van der Waals surface area contributed by atoms with Crippen LogP contribution in [-0.2, 0) is 40.1 Å². The Balaban J connectivity index is 0.000000782. The van der Waals surface area contributed by atoms with Gasteiger partial charge in [0.2, 0.25) is 0 Å². The normalized spacial score (nSPS) is 33.8. The quantitative estimate of drug-likeness (QED) is 0.147. The minimum atomic E-state index is -1.89. The molecule has 0 bridgehead atoms. The number of hydrogen-bond acceptors (Lipinski definition) is 12. The van der Waals surface area contributed by atoms with Crippen LogP contribution in [0, 0.1) is 5.92 Å². The number of rotatable bonds is 7. The van der Waals surface area contributed by atoms with Gasteiger partial charge in [0, 0.05) is 18.0 Å². The van der Waals surface area contributed by atoms with Crippen LogP contribution in [0.1, 0.15) is 32.1 Å². The Morgan fingerprint density at radius 3 is 1.90 bits per heavy atom. The Morgan fingerprint density at radius 1 is 1.00 bits per heavy atom. The van der Waals surface area contributed by atoms with Gasteiger partial charge >= 0.3 is 21.1 Å². The minimum Gasteiger partial charge on any atom is -0.549 e. The molecule has 0 aromatic heterocycles. The van der Waals surface area contributed by atoms with E-state index in [4.69, 9.17) is 26.0 Å². The van der Waals surface area contributed by atoms with Crippen molar-refractivity contribution in [2.75, 3.05) is 13.2 Å². The maximum atomic E-state index is 10.5. The van der Waals surface area contributed by atoms with E-state index in [1.165, 1.54) is 12.8 Å². The van der Waals surface area contributed by atoms with Gasteiger partial charge in [-0.05, 0) is 19.3 Å². The number of nitrogens with two attached hydrogens (primary N) is 2. The molecule has 12 nitrogen and oxygen atoms in total. The van der Waals surface area contributed by atoms with Gasteiger partial charge < -0.3 is 61.2 Å². The number of carboxylic acids is 2. The molecule has 1 heterocycles. The summed E-state index contributed by atoms with van der Waals surface area (Å²) in [6.07, 6.45) is -3.17. The molecular weight excluding hydrogens is 587 g/mol. The summed E-state index contributed by atoms with van der Waals surface area (Å²) < 4.78 is 9.92. The molecule has 178 valence electrons. The summed E-state index contributed by atoms with van der Waals surface area (Å²) in [6.45, 7) is -1.10. The topological polar surface area (TPSA) is 232 Å². The zero-order chi connectivity index (χ0) is 22.1. The molecule has 8 N–H and O–H groups in total. The predicted molar refractivity (Wildman–Crippen MR) is 92.3 cm³/mol. The van der Waals surface area contributed by atoms with E-state index >= 15 is 0 Å². The van der Waals surface area contributed by atoms with E-state index in [2.05, 4.69) is 0 Å². The standard InChI is InChI=1S/C11H18O10.C6H14N2.Pt/c12-3-5-6(13)7(14)8(15)11(21-5)20-2-1-4(9(16)17)10(18)19;7-5-3-1-2-4-6(5)8;/h4-8,11-15H,1-3H2,(H,16,17)(H,18,19);5-6H,1-4,7-8H2;/q;;+2/p-2/t5-,6+,7+,8-,11+;5-,6-;/m11./s1. The van der Waals surface area contributed by atoms with Gasteiger partial charge in [-0.2, -0.15) is 0 Å². The van der Waals surface area contributed by atoms with Crippen molar-refractivity contribution < 1.29 is 70.8 Å². The molecule has 7 atom stereocenters. The van der Waals surface area contributed by atoms with Crippen molar-refractivity contribution in [1.82, 2.24) is 0 Å². The van der Waals surface area contributed by atoms with E-state index in [1.54, 1.807) is 0 Å². The van der Waals surface area contributed by atoms with E-state index in [9.17, 15) is 35.1 Å². The Bertz CT molecular complexity index is 503. The number of aliphatic carboxylic acids is 2. The number of aliphatic hydroxyl groups is 4. The summed E-state index contributed by atoms with van der Waals surface area (Å²) in [6, 6.07) is 0.562. The predicted octanol–water partition coefficient (Wildman–Crippen LogP) is -5.48. The van der Waals surface area contributed by atoms with Crippen molar-refractivity contribution in [3.63, 3.8) is 0 Å². The van der Waals surface area contributed by atoms with Crippen LogP contribution in [-0.4, -0.2) is 88.4 Å². The van der Waals surface area contributed by atoms with Crippen molar-refractivity contribution in [1.29, 1.82) is 0 Å². The van der Waals surface area contributed by atoms with Crippen LogP contribution in [0.15, 0.2) is 0 Å². The number of carboxylic acid groups (broad SMARTS) is 2. The summed E-state index contributed by atoms with van der Waals surface area (Å²) in [5, 5.41) is 58.5. The summed E-state index contributed by atoms with van der Waals surface area (Å²) in [5.74, 6) is -5.57. The third-order valence-electron chi connectivity index (χ3n) is 4.98. The van der Waals surface area contributed by atoms with Crippen LogP contribution < -0.4 is 21.7 Å². The van der Waals surface area contributed by atoms with Crippen molar-refractivity contribution >= 4 is 11.9 Å². The minimum absolute atomic E-state index is 0. The Hall–Kier alpha value is -0.692. The van der Waals surface area contributed by atoms with Crippen LogP contribution in [0.4, 0.5) is 0 Å². The zero-order valence-electron chi connectivity index (χ0n) is 16.3. The van der Waals surface area contributed by atoms with Crippen LogP contribution in [0.5, 0.6) is 0 Å². The van der Waals surface area contributed by atoms with Gasteiger partial charge in [0.05, 0.1) is 25.2 Å². The molecule has 30 heavy (non-hydrogen) atoms. The van der Waals surface area contributed by atoms with Crippen LogP contribution in [0.2, 0.25) is 0 Å². The molecule has 1 aliphatic heterocycles. The molecule has 0 unspecified atom stereocenters. The second-order valence-electron chi connectivity index (χ2n) is 7.16. The average Bonchev–Trinajstić information content (AvgIpc) is 2.67. The molecular formula is C17H30N2O10Pt. The van der Waals surface area contributed by atoms with Crippen molar-refractivity contribution in [2.45, 2.75) is 74.9 Å². The Morgan fingerprint density at radius 2 is 1.50 bits per heavy atom. The summed E-state index contributed by atoms with van der Waals surface area (Å²) in [4.78, 5) is 21.0. The van der Waals surface area contributed by atoms with E-state index in [1.807, 2.05) is 0 Å². The van der Waals surface area contributed by atoms with Gasteiger partial charge in [0.15, 0.2) is 6.29 Å². The fraction of sp³-hybridized carbons (Fsp3) is 0.882. The van der Waals surface area contributed by atoms with Gasteiger partial charge in [0.1, 0.15) is 24.4 Å². The monoisotopic (exact) mass is 617 g/mol. The fourth-order valence-electron chi connectivity index (χ4n) is 3.03. The van der Waals surface area contributed by atoms with E-state index in [-0.39, 0.29) is 33.1 Å². The number of aliphatic hydroxyl groups excluding tert-OH is 4. The van der Waals surface area contributed by atoms with Gasteiger partial charge in [-0.1, -0.05) is 12.8 Å². The maximum absolute atomic E-state index is 10.5. The third-order valence-corrected chi connectivity index (χ3v) is 4.98. The maximum Gasteiger partial charge on any atom is 2.00 e.